The number of hydrogen-bond acceptors (Lipinski definition) is 1. The van der Waals surface area contributed by atoms with Crippen LogP contribution in [0.1, 0.15) is 5.56 Å². The second kappa shape index (κ2) is 3.94. The van der Waals surface area contributed by atoms with Crippen molar-refractivity contribution in [3.8, 4) is 0 Å². The fourth-order valence-corrected chi connectivity index (χ4v) is 2.62. The molecule has 0 aliphatic rings. The van der Waals surface area contributed by atoms with Gasteiger partial charge < -0.3 is 0 Å². The van der Waals surface area contributed by atoms with E-state index < -0.39 is 0 Å². The summed E-state index contributed by atoms with van der Waals surface area (Å²) >= 11 is 11.9. The van der Waals surface area contributed by atoms with Crippen LogP contribution in [0, 0.1) is 10.5 Å². The van der Waals surface area contributed by atoms with Crippen LogP contribution in [-0.4, -0.2) is 4.98 Å². The third kappa shape index (κ3) is 1.66. The Labute approximate surface area is 109 Å². The van der Waals surface area contributed by atoms with Crippen molar-refractivity contribution in [1.82, 2.24) is 4.98 Å². The van der Waals surface area contributed by atoms with Gasteiger partial charge >= 0.3 is 0 Å². The largest absolute Gasteiger partial charge is 0.255 e. The van der Waals surface area contributed by atoms with Crippen molar-refractivity contribution in [3.05, 3.63) is 37.0 Å². The molecule has 4 heteroatoms. The van der Waals surface area contributed by atoms with E-state index in [1.807, 2.05) is 19.1 Å². The van der Waals surface area contributed by atoms with Gasteiger partial charge in [-0.15, -0.1) is 0 Å². The van der Waals surface area contributed by atoms with Gasteiger partial charge in [0.05, 0.1) is 14.1 Å². The number of benzene rings is 1. The number of aryl methyl sites for hydroxylation is 1. The van der Waals surface area contributed by atoms with E-state index in [0.29, 0.717) is 0 Å². The highest BCUT2D eigenvalue weighted by molar-refractivity contribution is 14.1. The Morgan fingerprint density at radius 1 is 1.43 bits per heavy atom. The third-order valence-electron chi connectivity index (χ3n) is 2.06. The van der Waals surface area contributed by atoms with Crippen molar-refractivity contribution in [3.63, 3.8) is 0 Å². The summed E-state index contributed by atoms with van der Waals surface area (Å²) < 4.78 is 1.97. The lowest BCUT2D eigenvalue weighted by Crippen LogP contribution is -1.88. The van der Waals surface area contributed by atoms with Crippen LogP contribution >= 0.6 is 50.1 Å². The number of halogens is 3. The molecule has 0 bridgehead atoms. The second-order valence-electron chi connectivity index (χ2n) is 3.01. The molecule has 0 spiro atoms. The smallest absolute Gasteiger partial charge is 0.0758 e. The Kier molecular flexibility index (Phi) is 3.00. The summed E-state index contributed by atoms with van der Waals surface area (Å²) in [4.78, 5) is 4.38. The summed E-state index contributed by atoms with van der Waals surface area (Å²) in [5.74, 6) is 0. The Balaban J connectivity index is 3.01. The van der Waals surface area contributed by atoms with Gasteiger partial charge in [0.15, 0.2) is 0 Å². The van der Waals surface area contributed by atoms with E-state index in [9.17, 15) is 0 Å². The van der Waals surface area contributed by atoms with Gasteiger partial charge in [-0.25, -0.2) is 0 Å². The number of hydrogen-bond donors (Lipinski definition) is 0. The molecular weight excluding hydrogens is 376 g/mol. The molecule has 2 rings (SSSR count). The lowest BCUT2D eigenvalue weighted by molar-refractivity contribution is 1.34. The number of aromatic nitrogens is 1. The van der Waals surface area contributed by atoms with Gasteiger partial charge in [-0.2, -0.15) is 0 Å². The molecule has 0 saturated carbocycles. The fraction of sp³-hybridized carbons (Fsp3) is 0.100. The molecule has 1 heterocycles. The van der Waals surface area contributed by atoms with Gasteiger partial charge in [-0.05, 0) is 41.1 Å². The van der Waals surface area contributed by atoms with Gasteiger partial charge in [0.25, 0.3) is 0 Å². The normalized spacial score (nSPS) is 10.9. The molecule has 0 aliphatic carbocycles. The molecule has 0 amide bonds. The summed E-state index contributed by atoms with van der Waals surface area (Å²) in [6.45, 7) is 2.03. The standard InChI is InChI=1S/C10H6BrClIN/c1-5-2-3-6(11)8-9(12)7(13)4-14-10(5)8/h2-4H,1H3. The molecule has 0 fully saturated rings. The quantitative estimate of drug-likeness (QED) is 0.609. The van der Waals surface area contributed by atoms with Crippen LogP contribution in [0.15, 0.2) is 22.8 Å². The van der Waals surface area contributed by atoms with Crippen molar-refractivity contribution in [2.45, 2.75) is 6.92 Å². The maximum absolute atomic E-state index is 6.23. The SMILES string of the molecule is Cc1ccc(Br)c2c(Cl)c(I)cnc12. The molecule has 0 unspecified atom stereocenters. The maximum atomic E-state index is 6.23. The van der Waals surface area contributed by atoms with E-state index in [4.69, 9.17) is 11.6 Å². The van der Waals surface area contributed by atoms with Gasteiger partial charge in [0.1, 0.15) is 0 Å². The van der Waals surface area contributed by atoms with Crippen LogP contribution < -0.4 is 0 Å². The van der Waals surface area contributed by atoms with E-state index in [0.717, 1.165) is 29.5 Å². The molecule has 0 aliphatic heterocycles. The number of pyridine rings is 1. The average Bonchev–Trinajstić information content (AvgIpc) is 2.16. The summed E-state index contributed by atoms with van der Waals surface area (Å²) in [5.41, 5.74) is 2.10. The third-order valence-corrected chi connectivity index (χ3v) is 4.26. The average molecular weight is 382 g/mol. The second-order valence-corrected chi connectivity index (χ2v) is 5.40. The summed E-state index contributed by atoms with van der Waals surface area (Å²) in [6.07, 6.45) is 1.80. The van der Waals surface area contributed by atoms with Gasteiger partial charge in [0.2, 0.25) is 0 Å². The Morgan fingerprint density at radius 2 is 2.14 bits per heavy atom. The first-order chi connectivity index (χ1) is 6.61. The zero-order valence-electron chi connectivity index (χ0n) is 7.31. The van der Waals surface area contributed by atoms with Crippen LogP contribution in [0.5, 0.6) is 0 Å². The van der Waals surface area contributed by atoms with E-state index in [1.165, 1.54) is 0 Å². The molecule has 72 valence electrons. The highest BCUT2D eigenvalue weighted by Crippen LogP contribution is 2.33. The molecule has 0 radical (unpaired) electrons. The summed E-state index contributed by atoms with van der Waals surface area (Å²) in [7, 11) is 0. The minimum Gasteiger partial charge on any atom is -0.255 e. The zero-order chi connectivity index (χ0) is 10.3. The van der Waals surface area contributed by atoms with E-state index in [2.05, 4.69) is 43.5 Å². The van der Waals surface area contributed by atoms with E-state index >= 15 is 0 Å². The van der Waals surface area contributed by atoms with Gasteiger partial charge in [0, 0.05) is 16.1 Å². The Bertz CT molecular complexity index is 513. The maximum Gasteiger partial charge on any atom is 0.0758 e. The monoisotopic (exact) mass is 381 g/mol. The minimum absolute atomic E-state index is 0.770. The number of nitrogens with zero attached hydrogens (tertiary/aromatic N) is 1. The zero-order valence-corrected chi connectivity index (χ0v) is 11.8. The molecule has 0 atom stereocenters. The first-order valence-electron chi connectivity index (χ1n) is 4.00. The molecule has 0 saturated heterocycles. The van der Waals surface area contributed by atoms with E-state index in [-0.39, 0.29) is 0 Å². The Hall–Kier alpha value is 0.130. The number of fused-ring (bicyclic) bond motifs is 1. The van der Waals surface area contributed by atoms with Crippen molar-refractivity contribution >= 4 is 61.0 Å². The van der Waals surface area contributed by atoms with Crippen LogP contribution in [0.2, 0.25) is 5.02 Å². The molecule has 1 aromatic carbocycles. The predicted octanol–water partition coefficient (Wildman–Crippen LogP) is 4.56. The highest BCUT2D eigenvalue weighted by atomic mass is 127. The van der Waals surface area contributed by atoms with Gasteiger partial charge in [-0.1, -0.05) is 33.6 Å². The Morgan fingerprint density at radius 3 is 2.86 bits per heavy atom. The fourth-order valence-electron chi connectivity index (χ4n) is 1.34. The molecule has 14 heavy (non-hydrogen) atoms. The minimum atomic E-state index is 0.770. The first-order valence-corrected chi connectivity index (χ1v) is 6.25. The predicted molar refractivity (Wildman–Crippen MR) is 71.9 cm³/mol. The van der Waals surface area contributed by atoms with Gasteiger partial charge in [-0.3, -0.25) is 4.98 Å². The van der Waals surface area contributed by atoms with Crippen molar-refractivity contribution in [2.24, 2.45) is 0 Å². The van der Waals surface area contributed by atoms with Crippen LogP contribution in [-0.2, 0) is 0 Å². The molecule has 1 aromatic heterocycles. The lowest BCUT2D eigenvalue weighted by Gasteiger charge is -2.06. The van der Waals surface area contributed by atoms with Crippen LogP contribution in [0.25, 0.3) is 10.9 Å². The van der Waals surface area contributed by atoms with Crippen molar-refractivity contribution < 1.29 is 0 Å². The summed E-state index contributed by atoms with van der Waals surface area (Å²) in [6, 6.07) is 4.03. The molecule has 2 aromatic rings. The van der Waals surface area contributed by atoms with E-state index in [1.54, 1.807) is 6.20 Å². The van der Waals surface area contributed by atoms with Crippen LogP contribution in [0.3, 0.4) is 0 Å². The molecular formula is C10H6BrClIN. The van der Waals surface area contributed by atoms with Crippen molar-refractivity contribution in [2.75, 3.05) is 0 Å². The number of rotatable bonds is 0. The topological polar surface area (TPSA) is 12.9 Å². The summed E-state index contributed by atoms with van der Waals surface area (Å²) in [5, 5.41) is 1.77. The van der Waals surface area contributed by atoms with Crippen molar-refractivity contribution in [1.29, 1.82) is 0 Å². The lowest BCUT2D eigenvalue weighted by atomic mass is 10.1. The van der Waals surface area contributed by atoms with Crippen LogP contribution in [0.4, 0.5) is 0 Å². The molecule has 0 N–H and O–H groups in total. The molecule has 1 nitrogen and oxygen atoms in total. The first kappa shape index (κ1) is 10.6. The highest BCUT2D eigenvalue weighted by Gasteiger charge is 2.09.